The van der Waals surface area contributed by atoms with Gasteiger partial charge in [0.05, 0.1) is 4.90 Å². The normalized spacial score (nSPS) is 12.2. The van der Waals surface area contributed by atoms with Gasteiger partial charge in [-0.2, -0.15) is 0 Å². The Morgan fingerprint density at radius 3 is 2.22 bits per heavy atom. The minimum absolute atomic E-state index is 0.0490. The molecule has 41 heavy (non-hydrogen) atoms. The van der Waals surface area contributed by atoms with Crippen LogP contribution in [0, 0.1) is 0 Å². The lowest BCUT2D eigenvalue weighted by atomic mass is 10.0. The summed E-state index contributed by atoms with van der Waals surface area (Å²) >= 11 is 12.6. The van der Waals surface area contributed by atoms with Crippen molar-refractivity contribution < 1.29 is 18.0 Å². The number of hydrogen-bond donors (Lipinski definition) is 1. The van der Waals surface area contributed by atoms with Crippen molar-refractivity contribution in [2.24, 2.45) is 0 Å². The maximum atomic E-state index is 13.8. The molecule has 7 nitrogen and oxygen atoms in total. The summed E-state index contributed by atoms with van der Waals surface area (Å²) in [5.74, 6) is -0.516. The Morgan fingerprint density at radius 1 is 0.927 bits per heavy atom. The Kier molecular flexibility index (Phi) is 12.7. The van der Waals surface area contributed by atoms with Gasteiger partial charge in [0.15, 0.2) is 0 Å². The van der Waals surface area contributed by atoms with Gasteiger partial charge in [-0.15, -0.1) is 0 Å². The average molecular weight is 619 g/mol. The van der Waals surface area contributed by atoms with Crippen LogP contribution in [0.5, 0.6) is 0 Å². The highest BCUT2D eigenvalue weighted by Gasteiger charge is 2.31. The summed E-state index contributed by atoms with van der Waals surface area (Å²) in [6, 6.07) is 22.0. The molecule has 0 saturated carbocycles. The Bertz CT molecular complexity index is 1390. The third-order valence-electron chi connectivity index (χ3n) is 6.77. The second kappa shape index (κ2) is 15.9. The first kappa shape index (κ1) is 32.6. The van der Waals surface area contributed by atoms with Gasteiger partial charge in [-0.25, -0.2) is 12.7 Å². The molecule has 220 valence electrons. The highest BCUT2D eigenvalue weighted by Crippen LogP contribution is 2.25. The predicted molar refractivity (Wildman–Crippen MR) is 164 cm³/mol. The largest absolute Gasteiger partial charge is 0.354 e. The molecule has 3 aromatic rings. The predicted octanol–water partition coefficient (Wildman–Crippen LogP) is 5.95. The zero-order chi connectivity index (χ0) is 29.8. The highest BCUT2D eigenvalue weighted by atomic mass is 35.5. The van der Waals surface area contributed by atoms with E-state index in [-0.39, 0.29) is 42.6 Å². The van der Waals surface area contributed by atoms with Crippen molar-refractivity contribution in [3.8, 4) is 0 Å². The number of nitrogens with one attached hydrogen (secondary N) is 1. The van der Waals surface area contributed by atoms with Crippen LogP contribution in [0.2, 0.25) is 10.0 Å². The van der Waals surface area contributed by atoms with Crippen molar-refractivity contribution in [3.63, 3.8) is 0 Å². The SMILES string of the molecule is CCCCNC(=O)C(Cc1ccccc1)N(Cc1ccc(Cl)cc1Cl)C(=O)CCCN(C)S(=O)(=O)c1ccccc1. The maximum Gasteiger partial charge on any atom is 0.243 e. The third-order valence-corrected chi connectivity index (χ3v) is 9.23. The van der Waals surface area contributed by atoms with Crippen LogP contribution in [-0.2, 0) is 32.6 Å². The van der Waals surface area contributed by atoms with Crippen molar-refractivity contribution in [1.82, 2.24) is 14.5 Å². The first-order valence-electron chi connectivity index (χ1n) is 13.7. The third kappa shape index (κ3) is 9.57. The molecule has 0 aliphatic rings. The molecule has 3 aromatic carbocycles. The number of nitrogens with zero attached hydrogens (tertiary/aromatic N) is 2. The number of rotatable bonds is 15. The molecule has 0 bridgehead atoms. The Labute approximate surface area is 253 Å². The van der Waals surface area contributed by atoms with E-state index in [0.717, 1.165) is 18.4 Å². The fourth-order valence-electron chi connectivity index (χ4n) is 4.38. The van der Waals surface area contributed by atoms with Crippen molar-refractivity contribution >= 4 is 45.0 Å². The summed E-state index contributed by atoms with van der Waals surface area (Å²) in [7, 11) is -2.19. The zero-order valence-corrected chi connectivity index (χ0v) is 25.8. The van der Waals surface area contributed by atoms with Gasteiger partial charge < -0.3 is 10.2 Å². The molecule has 2 amide bonds. The summed E-state index contributed by atoms with van der Waals surface area (Å²) in [4.78, 5) is 29.1. The lowest BCUT2D eigenvalue weighted by Gasteiger charge is -2.32. The van der Waals surface area contributed by atoms with Crippen LogP contribution in [0.15, 0.2) is 83.8 Å². The fourth-order valence-corrected chi connectivity index (χ4v) is 6.08. The minimum Gasteiger partial charge on any atom is -0.354 e. The van der Waals surface area contributed by atoms with E-state index >= 15 is 0 Å². The van der Waals surface area contributed by atoms with E-state index in [1.165, 1.54) is 11.4 Å². The van der Waals surface area contributed by atoms with E-state index in [1.54, 1.807) is 53.4 Å². The van der Waals surface area contributed by atoms with Gasteiger partial charge in [0, 0.05) is 49.6 Å². The van der Waals surface area contributed by atoms with Gasteiger partial charge in [-0.05, 0) is 48.2 Å². The number of carbonyl (C=O) groups excluding carboxylic acids is 2. The molecule has 0 saturated heterocycles. The summed E-state index contributed by atoms with van der Waals surface area (Å²) in [5.41, 5.74) is 1.57. The molecule has 0 aliphatic heterocycles. The highest BCUT2D eigenvalue weighted by molar-refractivity contribution is 7.89. The van der Waals surface area contributed by atoms with Crippen LogP contribution < -0.4 is 5.32 Å². The minimum atomic E-state index is -3.68. The average Bonchev–Trinajstić information content (AvgIpc) is 2.96. The van der Waals surface area contributed by atoms with Crippen molar-refractivity contribution in [2.45, 2.75) is 56.5 Å². The number of hydrogen-bond acceptors (Lipinski definition) is 4. The summed E-state index contributed by atoms with van der Waals surface area (Å²) in [6.45, 7) is 2.80. The second-order valence-electron chi connectivity index (χ2n) is 9.85. The van der Waals surface area contributed by atoms with Crippen molar-refractivity contribution in [2.75, 3.05) is 20.1 Å². The van der Waals surface area contributed by atoms with E-state index in [2.05, 4.69) is 5.32 Å². The van der Waals surface area contributed by atoms with Crippen LogP contribution in [0.25, 0.3) is 0 Å². The van der Waals surface area contributed by atoms with Crippen LogP contribution in [-0.4, -0.2) is 55.6 Å². The molecule has 10 heteroatoms. The zero-order valence-electron chi connectivity index (χ0n) is 23.4. The number of unbranched alkanes of at least 4 members (excludes halogenated alkanes) is 1. The first-order chi connectivity index (χ1) is 19.6. The summed E-state index contributed by atoms with van der Waals surface area (Å²) in [6.07, 6.45) is 2.39. The van der Waals surface area contributed by atoms with Crippen molar-refractivity contribution in [1.29, 1.82) is 0 Å². The van der Waals surface area contributed by atoms with Crippen LogP contribution >= 0.6 is 23.2 Å². The summed E-state index contributed by atoms with van der Waals surface area (Å²) in [5, 5.41) is 3.85. The number of amides is 2. The van der Waals surface area contributed by atoms with Gasteiger partial charge in [0.2, 0.25) is 21.8 Å². The van der Waals surface area contributed by atoms with Gasteiger partial charge in [0.1, 0.15) is 6.04 Å². The molecular weight excluding hydrogens is 581 g/mol. The molecule has 1 unspecified atom stereocenters. The Hall–Kier alpha value is -2.91. The number of carbonyl (C=O) groups is 2. The van der Waals surface area contributed by atoms with E-state index < -0.39 is 16.1 Å². The fraction of sp³-hybridized carbons (Fsp3) is 0.355. The number of halogens is 2. The molecule has 0 fully saturated rings. The lowest BCUT2D eigenvalue weighted by molar-refractivity contribution is -0.141. The monoisotopic (exact) mass is 617 g/mol. The van der Waals surface area contributed by atoms with Crippen LogP contribution in [0.3, 0.4) is 0 Å². The molecule has 0 radical (unpaired) electrons. The van der Waals surface area contributed by atoms with E-state index in [1.807, 2.05) is 37.3 Å². The van der Waals surface area contributed by atoms with Crippen LogP contribution in [0.4, 0.5) is 0 Å². The molecular formula is C31H37Cl2N3O4S. The molecule has 3 rings (SSSR count). The van der Waals surface area contributed by atoms with E-state index in [4.69, 9.17) is 23.2 Å². The first-order valence-corrected chi connectivity index (χ1v) is 15.9. The molecule has 0 heterocycles. The molecule has 0 spiro atoms. The second-order valence-corrected chi connectivity index (χ2v) is 12.7. The number of benzene rings is 3. The number of sulfonamides is 1. The molecule has 1 atom stereocenters. The van der Waals surface area contributed by atoms with Crippen molar-refractivity contribution in [3.05, 3.63) is 100 Å². The van der Waals surface area contributed by atoms with E-state index in [0.29, 0.717) is 28.6 Å². The molecule has 0 aromatic heterocycles. The van der Waals surface area contributed by atoms with E-state index in [9.17, 15) is 18.0 Å². The topological polar surface area (TPSA) is 86.8 Å². The quantitative estimate of drug-likeness (QED) is 0.213. The van der Waals surface area contributed by atoms with Gasteiger partial charge in [-0.1, -0.05) is 91.1 Å². The summed E-state index contributed by atoms with van der Waals surface area (Å²) < 4.78 is 27.1. The lowest BCUT2D eigenvalue weighted by Crippen LogP contribution is -2.50. The molecule has 1 N–H and O–H groups in total. The van der Waals surface area contributed by atoms with Gasteiger partial charge in [-0.3, -0.25) is 9.59 Å². The van der Waals surface area contributed by atoms with Crippen LogP contribution in [0.1, 0.15) is 43.7 Å². The van der Waals surface area contributed by atoms with Gasteiger partial charge in [0.25, 0.3) is 0 Å². The Balaban J connectivity index is 1.84. The molecule has 0 aliphatic carbocycles. The maximum absolute atomic E-state index is 13.8. The Morgan fingerprint density at radius 2 is 1.59 bits per heavy atom. The standard InChI is InChI=1S/C31H37Cl2N3O4S/c1-3-4-19-34-31(38)29(21-24-12-7-5-8-13-24)36(23-25-17-18-26(32)22-28(25)33)30(37)16-11-20-35(2)41(39,40)27-14-9-6-10-15-27/h5-10,12-15,17-18,22,29H,3-4,11,16,19-21,23H2,1-2H3,(H,34,38). The van der Waals surface area contributed by atoms with Gasteiger partial charge >= 0.3 is 0 Å². The smallest absolute Gasteiger partial charge is 0.243 e.